The maximum absolute atomic E-state index is 12.5. The molecule has 5 nitrogen and oxygen atoms in total. The molecule has 0 aliphatic heterocycles. The van der Waals surface area contributed by atoms with Crippen LogP contribution in [0.25, 0.3) is 0 Å². The molecule has 0 saturated heterocycles. The van der Waals surface area contributed by atoms with E-state index in [0.29, 0.717) is 5.56 Å². The van der Waals surface area contributed by atoms with E-state index in [1.165, 1.54) is 24.3 Å². The number of amides is 1. The molecule has 8 heteroatoms. The fraction of sp³-hybridized carbons (Fsp3) is 0.0714. The van der Waals surface area contributed by atoms with E-state index in [9.17, 15) is 13.2 Å². The lowest BCUT2D eigenvalue weighted by Gasteiger charge is -2.14. The lowest BCUT2D eigenvalue weighted by molar-refractivity contribution is 0.100. The summed E-state index contributed by atoms with van der Waals surface area (Å²) in [5, 5.41) is 0.376. The van der Waals surface area contributed by atoms with Gasteiger partial charge in [0.1, 0.15) is 0 Å². The van der Waals surface area contributed by atoms with Crippen LogP contribution in [0.3, 0.4) is 0 Å². The highest BCUT2D eigenvalue weighted by Crippen LogP contribution is 2.27. The van der Waals surface area contributed by atoms with Crippen LogP contribution in [-0.4, -0.2) is 14.3 Å². The maximum atomic E-state index is 12.5. The minimum atomic E-state index is -3.96. The van der Waals surface area contributed by atoms with E-state index in [4.69, 9.17) is 28.9 Å². The summed E-state index contributed by atoms with van der Waals surface area (Å²) in [4.78, 5) is 11.3. The number of benzene rings is 2. The van der Waals surface area contributed by atoms with Crippen molar-refractivity contribution in [1.82, 2.24) is 0 Å². The van der Waals surface area contributed by atoms with Crippen molar-refractivity contribution >= 4 is 44.8 Å². The minimum Gasteiger partial charge on any atom is -0.366 e. The van der Waals surface area contributed by atoms with Gasteiger partial charge in [-0.1, -0.05) is 35.3 Å². The molecular formula is C14H12Cl2N2O3S. The second-order valence-electron chi connectivity index (χ2n) is 4.57. The van der Waals surface area contributed by atoms with Gasteiger partial charge < -0.3 is 5.73 Å². The first-order chi connectivity index (χ1) is 10.2. The first-order valence-corrected chi connectivity index (χ1v) is 8.33. The Morgan fingerprint density at radius 3 is 2.27 bits per heavy atom. The van der Waals surface area contributed by atoms with Gasteiger partial charge in [0, 0.05) is 10.0 Å². The fourth-order valence-corrected chi connectivity index (χ4v) is 3.76. The topological polar surface area (TPSA) is 89.3 Å². The Bertz CT molecular complexity index is 831. The van der Waals surface area contributed by atoms with E-state index in [-0.39, 0.29) is 26.2 Å². The van der Waals surface area contributed by atoms with Gasteiger partial charge in [-0.15, -0.1) is 0 Å². The monoisotopic (exact) mass is 358 g/mol. The summed E-state index contributed by atoms with van der Waals surface area (Å²) >= 11 is 11.6. The molecule has 0 aromatic heterocycles. The zero-order valence-corrected chi connectivity index (χ0v) is 13.8. The number of hydrogen-bond acceptors (Lipinski definition) is 3. The Kier molecular flexibility index (Phi) is 4.65. The Morgan fingerprint density at radius 2 is 1.73 bits per heavy atom. The van der Waals surface area contributed by atoms with Crippen LogP contribution >= 0.6 is 23.2 Å². The van der Waals surface area contributed by atoms with Crippen LogP contribution in [-0.2, 0) is 10.0 Å². The number of rotatable bonds is 4. The predicted molar refractivity (Wildman–Crippen MR) is 87.0 cm³/mol. The molecule has 0 heterocycles. The molecule has 0 aliphatic carbocycles. The van der Waals surface area contributed by atoms with Crippen LogP contribution in [0.4, 0.5) is 5.69 Å². The normalized spacial score (nSPS) is 11.2. The van der Waals surface area contributed by atoms with Crippen molar-refractivity contribution in [3.8, 4) is 0 Å². The molecule has 0 bridgehead atoms. The lowest BCUT2D eigenvalue weighted by Crippen LogP contribution is -2.19. The number of nitrogens with one attached hydrogen (secondary N) is 1. The summed E-state index contributed by atoms with van der Waals surface area (Å²) in [5.41, 5.74) is 6.05. The molecule has 1 amide bonds. The maximum Gasteiger partial charge on any atom is 0.262 e. The van der Waals surface area contributed by atoms with Crippen LogP contribution in [0.2, 0.25) is 10.0 Å². The lowest BCUT2D eigenvalue weighted by atomic mass is 10.1. The number of anilines is 1. The second-order valence-corrected chi connectivity index (χ2v) is 7.13. The van der Waals surface area contributed by atoms with Gasteiger partial charge in [0.2, 0.25) is 0 Å². The van der Waals surface area contributed by atoms with Crippen molar-refractivity contribution in [1.29, 1.82) is 0 Å². The van der Waals surface area contributed by atoms with Crippen LogP contribution in [0, 0.1) is 6.92 Å². The van der Waals surface area contributed by atoms with Crippen molar-refractivity contribution in [2.45, 2.75) is 11.8 Å². The van der Waals surface area contributed by atoms with Gasteiger partial charge in [0.25, 0.3) is 15.9 Å². The van der Waals surface area contributed by atoms with Crippen molar-refractivity contribution in [2.75, 3.05) is 4.72 Å². The first-order valence-electron chi connectivity index (χ1n) is 6.09. The van der Waals surface area contributed by atoms with Crippen LogP contribution in [0.1, 0.15) is 15.9 Å². The van der Waals surface area contributed by atoms with Gasteiger partial charge in [0.15, 0.2) is 0 Å². The third-order valence-electron chi connectivity index (χ3n) is 2.92. The largest absolute Gasteiger partial charge is 0.366 e. The van der Waals surface area contributed by atoms with E-state index in [0.717, 1.165) is 0 Å². The third-order valence-corrected chi connectivity index (χ3v) is 4.69. The molecule has 0 atom stereocenters. The van der Waals surface area contributed by atoms with Crippen LogP contribution in [0.5, 0.6) is 0 Å². The summed E-state index contributed by atoms with van der Waals surface area (Å²) < 4.78 is 27.3. The number of carbonyl (C=O) groups excluding carboxylic acids is 1. The SMILES string of the molecule is Cc1cccc(C(N)=O)c1NS(=O)(=O)c1cc(Cl)cc(Cl)c1. The van der Waals surface area contributed by atoms with Gasteiger partial charge >= 0.3 is 0 Å². The van der Waals surface area contributed by atoms with E-state index in [2.05, 4.69) is 4.72 Å². The summed E-state index contributed by atoms with van der Waals surface area (Å²) in [7, 11) is -3.96. The number of primary amides is 1. The van der Waals surface area contributed by atoms with E-state index < -0.39 is 15.9 Å². The molecule has 116 valence electrons. The van der Waals surface area contributed by atoms with E-state index >= 15 is 0 Å². The smallest absolute Gasteiger partial charge is 0.262 e. The highest BCUT2D eigenvalue weighted by molar-refractivity contribution is 7.92. The molecular weight excluding hydrogens is 347 g/mol. The van der Waals surface area contributed by atoms with E-state index in [1.807, 2.05) is 0 Å². The van der Waals surface area contributed by atoms with Crippen LogP contribution in [0.15, 0.2) is 41.3 Å². The molecule has 0 unspecified atom stereocenters. The summed E-state index contributed by atoms with van der Waals surface area (Å²) in [6.45, 7) is 1.66. The minimum absolute atomic E-state index is 0.0803. The molecule has 0 saturated carbocycles. The standard InChI is InChI=1S/C14H12Cl2N2O3S/c1-8-3-2-4-12(14(17)19)13(8)18-22(20,21)11-6-9(15)5-10(16)7-11/h2-7,18H,1H3,(H2,17,19). The van der Waals surface area contributed by atoms with Gasteiger partial charge in [-0.2, -0.15) is 0 Å². The zero-order valence-electron chi connectivity index (χ0n) is 11.4. The molecule has 2 aromatic carbocycles. The zero-order chi connectivity index (χ0) is 16.5. The van der Waals surface area contributed by atoms with Gasteiger partial charge in [-0.05, 0) is 36.8 Å². The average molecular weight is 359 g/mol. The van der Waals surface area contributed by atoms with E-state index in [1.54, 1.807) is 19.1 Å². The Hall–Kier alpha value is -1.76. The molecule has 3 N–H and O–H groups in total. The summed E-state index contributed by atoms with van der Waals surface area (Å²) in [6.07, 6.45) is 0. The first kappa shape index (κ1) is 16.6. The van der Waals surface area contributed by atoms with Crippen molar-refractivity contribution in [3.63, 3.8) is 0 Å². The Balaban J connectivity index is 2.52. The molecule has 0 spiro atoms. The highest BCUT2D eigenvalue weighted by Gasteiger charge is 2.20. The van der Waals surface area contributed by atoms with Crippen LogP contribution < -0.4 is 10.5 Å². The third kappa shape index (κ3) is 3.52. The summed E-state index contributed by atoms with van der Waals surface area (Å²) in [5.74, 6) is -0.731. The van der Waals surface area contributed by atoms with Gasteiger partial charge in [-0.25, -0.2) is 8.42 Å². The van der Waals surface area contributed by atoms with Gasteiger partial charge in [-0.3, -0.25) is 9.52 Å². The molecule has 22 heavy (non-hydrogen) atoms. The summed E-state index contributed by atoms with van der Waals surface area (Å²) in [6, 6.07) is 8.66. The molecule has 0 radical (unpaired) electrons. The van der Waals surface area contributed by atoms with Crippen molar-refractivity contribution in [3.05, 3.63) is 57.6 Å². The fourth-order valence-electron chi connectivity index (χ4n) is 1.89. The highest BCUT2D eigenvalue weighted by atomic mass is 35.5. The Morgan fingerprint density at radius 1 is 1.14 bits per heavy atom. The quantitative estimate of drug-likeness (QED) is 0.879. The van der Waals surface area contributed by atoms with Crippen molar-refractivity contribution < 1.29 is 13.2 Å². The number of hydrogen-bond donors (Lipinski definition) is 2. The van der Waals surface area contributed by atoms with Gasteiger partial charge in [0.05, 0.1) is 16.1 Å². The molecule has 2 aromatic rings. The number of para-hydroxylation sites is 1. The number of nitrogens with two attached hydrogens (primary N) is 1. The number of carbonyl (C=O) groups is 1. The second kappa shape index (κ2) is 6.16. The number of sulfonamides is 1. The molecule has 0 aliphatic rings. The predicted octanol–water partition coefficient (Wildman–Crippen LogP) is 3.20. The van der Waals surface area contributed by atoms with Crippen molar-refractivity contribution in [2.24, 2.45) is 5.73 Å². The number of halogens is 2. The number of aryl methyl sites for hydroxylation is 1. The average Bonchev–Trinajstić information content (AvgIpc) is 2.39. The molecule has 0 fully saturated rings. The Labute approximate surface area is 138 Å². The molecule has 2 rings (SSSR count).